The van der Waals surface area contributed by atoms with E-state index in [1.807, 2.05) is 12.1 Å². The van der Waals surface area contributed by atoms with Gasteiger partial charge in [0.1, 0.15) is 0 Å². The van der Waals surface area contributed by atoms with Crippen LogP contribution in [0.2, 0.25) is 0 Å². The first-order chi connectivity index (χ1) is 6.29. The predicted octanol–water partition coefficient (Wildman–Crippen LogP) is 1.76. The highest BCUT2D eigenvalue weighted by atomic mass is 35.5. The van der Waals surface area contributed by atoms with Crippen LogP contribution in [0.4, 0.5) is 0 Å². The number of rotatable bonds is 1. The first kappa shape index (κ1) is 10.5. The van der Waals surface area contributed by atoms with Gasteiger partial charge in [0, 0.05) is 17.1 Å². The number of hydrogen-bond acceptors (Lipinski definition) is 2. The van der Waals surface area contributed by atoms with Crippen LogP contribution in [0.25, 0.3) is 10.9 Å². The molecule has 0 aliphatic heterocycles. The first-order valence-electron chi connectivity index (χ1n) is 3.92. The van der Waals surface area contributed by atoms with E-state index < -0.39 is 5.91 Å². The molecule has 0 aliphatic carbocycles. The summed E-state index contributed by atoms with van der Waals surface area (Å²) in [6.07, 6.45) is 1.69. The number of nitrogens with two attached hydrogens (primary N) is 1. The predicted molar refractivity (Wildman–Crippen MR) is 57.5 cm³/mol. The van der Waals surface area contributed by atoms with Crippen molar-refractivity contribution in [3.05, 3.63) is 42.1 Å². The average Bonchev–Trinajstić information content (AvgIpc) is 2.17. The molecule has 1 aromatic heterocycles. The SMILES string of the molecule is Cl.NC(=O)c1cccc2ncccc12. The van der Waals surface area contributed by atoms with Gasteiger partial charge in [-0.25, -0.2) is 0 Å². The normalized spacial score (nSPS) is 9.43. The van der Waals surface area contributed by atoms with Gasteiger partial charge in [-0.05, 0) is 18.2 Å². The number of pyridine rings is 1. The Morgan fingerprint density at radius 1 is 1.21 bits per heavy atom. The second-order valence-corrected chi connectivity index (χ2v) is 2.74. The first-order valence-corrected chi connectivity index (χ1v) is 3.92. The van der Waals surface area contributed by atoms with E-state index in [0.29, 0.717) is 5.56 Å². The summed E-state index contributed by atoms with van der Waals surface area (Å²) in [6.45, 7) is 0. The van der Waals surface area contributed by atoms with Crippen molar-refractivity contribution in [2.24, 2.45) is 5.73 Å². The van der Waals surface area contributed by atoms with Crippen molar-refractivity contribution >= 4 is 29.2 Å². The summed E-state index contributed by atoms with van der Waals surface area (Å²) in [7, 11) is 0. The van der Waals surface area contributed by atoms with Gasteiger partial charge in [0.2, 0.25) is 5.91 Å². The maximum Gasteiger partial charge on any atom is 0.249 e. The lowest BCUT2D eigenvalue weighted by molar-refractivity contribution is 0.100. The lowest BCUT2D eigenvalue weighted by atomic mass is 10.1. The number of carbonyl (C=O) groups excluding carboxylic acids is 1. The number of halogens is 1. The minimum absolute atomic E-state index is 0. The van der Waals surface area contributed by atoms with Gasteiger partial charge in [0.15, 0.2) is 0 Å². The molecule has 1 heterocycles. The van der Waals surface area contributed by atoms with E-state index >= 15 is 0 Å². The van der Waals surface area contributed by atoms with Crippen LogP contribution in [-0.4, -0.2) is 10.9 Å². The molecule has 4 heteroatoms. The van der Waals surface area contributed by atoms with Crippen LogP contribution in [0.15, 0.2) is 36.5 Å². The Hall–Kier alpha value is -1.61. The van der Waals surface area contributed by atoms with Crippen LogP contribution < -0.4 is 5.73 Å². The van der Waals surface area contributed by atoms with Crippen molar-refractivity contribution in [3.8, 4) is 0 Å². The molecular weight excluding hydrogens is 200 g/mol. The topological polar surface area (TPSA) is 56.0 Å². The maximum absolute atomic E-state index is 11.0. The average molecular weight is 209 g/mol. The Bertz CT molecular complexity index is 465. The van der Waals surface area contributed by atoms with Crippen molar-refractivity contribution < 1.29 is 4.79 Å². The third-order valence-electron chi connectivity index (χ3n) is 1.91. The standard InChI is InChI=1S/C10H8N2O.ClH/c11-10(13)8-3-1-5-9-7(8)4-2-6-12-9;/h1-6H,(H2,11,13);1H. The minimum Gasteiger partial charge on any atom is -0.366 e. The molecule has 0 aliphatic rings. The van der Waals surface area contributed by atoms with Crippen molar-refractivity contribution in [2.75, 3.05) is 0 Å². The highest BCUT2D eigenvalue weighted by Crippen LogP contribution is 2.15. The second-order valence-electron chi connectivity index (χ2n) is 2.74. The smallest absolute Gasteiger partial charge is 0.249 e. The molecule has 72 valence electrons. The quantitative estimate of drug-likeness (QED) is 0.777. The molecule has 1 aromatic carbocycles. The van der Waals surface area contributed by atoms with E-state index in [0.717, 1.165) is 10.9 Å². The molecule has 1 amide bonds. The molecule has 3 nitrogen and oxygen atoms in total. The van der Waals surface area contributed by atoms with Gasteiger partial charge < -0.3 is 5.73 Å². The second kappa shape index (κ2) is 4.07. The minimum atomic E-state index is -0.418. The van der Waals surface area contributed by atoms with Crippen molar-refractivity contribution in [1.29, 1.82) is 0 Å². The molecule has 0 fully saturated rings. The Morgan fingerprint density at radius 2 is 2.00 bits per heavy atom. The van der Waals surface area contributed by atoms with Crippen LogP contribution in [0.5, 0.6) is 0 Å². The largest absolute Gasteiger partial charge is 0.366 e. The summed E-state index contributed by atoms with van der Waals surface area (Å²) in [4.78, 5) is 15.1. The maximum atomic E-state index is 11.0. The van der Waals surface area contributed by atoms with Crippen LogP contribution in [0, 0.1) is 0 Å². The van der Waals surface area contributed by atoms with Gasteiger partial charge >= 0.3 is 0 Å². The number of benzene rings is 1. The van der Waals surface area contributed by atoms with Gasteiger partial charge in [-0.1, -0.05) is 12.1 Å². The lowest BCUT2D eigenvalue weighted by Crippen LogP contribution is -2.11. The summed E-state index contributed by atoms with van der Waals surface area (Å²) < 4.78 is 0. The fourth-order valence-electron chi connectivity index (χ4n) is 1.32. The molecule has 2 aromatic rings. The Labute approximate surface area is 87.4 Å². The third kappa shape index (κ3) is 1.67. The van der Waals surface area contributed by atoms with E-state index in [-0.39, 0.29) is 12.4 Å². The zero-order valence-electron chi connectivity index (χ0n) is 7.31. The van der Waals surface area contributed by atoms with Gasteiger partial charge in [-0.15, -0.1) is 12.4 Å². The van der Waals surface area contributed by atoms with Crippen molar-refractivity contribution in [2.45, 2.75) is 0 Å². The number of carbonyl (C=O) groups is 1. The molecule has 0 spiro atoms. The number of fused-ring (bicyclic) bond motifs is 1. The molecular formula is C10H9ClN2O. The molecule has 14 heavy (non-hydrogen) atoms. The Balaban J connectivity index is 0.000000980. The fraction of sp³-hybridized carbons (Fsp3) is 0. The number of aromatic nitrogens is 1. The van der Waals surface area contributed by atoms with E-state index in [1.165, 1.54) is 0 Å². The van der Waals surface area contributed by atoms with Gasteiger partial charge in [0.05, 0.1) is 5.52 Å². The molecule has 0 bridgehead atoms. The lowest BCUT2D eigenvalue weighted by Gasteiger charge is -2.00. The molecule has 0 saturated carbocycles. The number of nitrogens with zero attached hydrogens (tertiary/aromatic N) is 1. The molecule has 2 N–H and O–H groups in total. The van der Waals surface area contributed by atoms with E-state index in [1.54, 1.807) is 24.4 Å². The zero-order chi connectivity index (χ0) is 9.26. The van der Waals surface area contributed by atoms with E-state index in [2.05, 4.69) is 4.98 Å². The fourth-order valence-corrected chi connectivity index (χ4v) is 1.32. The third-order valence-corrected chi connectivity index (χ3v) is 1.91. The summed E-state index contributed by atoms with van der Waals surface area (Å²) in [5, 5.41) is 0.803. The van der Waals surface area contributed by atoms with Crippen molar-refractivity contribution in [3.63, 3.8) is 0 Å². The number of amides is 1. The summed E-state index contributed by atoms with van der Waals surface area (Å²) in [5.74, 6) is -0.418. The highest BCUT2D eigenvalue weighted by Gasteiger charge is 2.04. The molecule has 0 unspecified atom stereocenters. The highest BCUT2D eigenvalue weighted by molar-refractivity contribution is 6.05. The molecule has 0 radical (unpaired) electrons. The summed E-state index contributed by atoms with van der Waals surface area (Å²) in [5.41, 5.74) is 6.52. The van der Waals surface area contributed by atoms with Crippen LogP contribution in [-0.2, 0) is 0 Å². The Kier molecular flexibility index (Phi) is 3.04. The summed E-state index contributed by atoms with van der Waals surface area (Å²) >= 11 is 0. The van der Waals surface area contributed by atoms with Crippen LogP contribution in [0.1, 0.15) is 10.4 Å². The van der Waals surface area contributed by atoms with Gasteiger partial charge in [-0.3, -0.25) is 9.78 Å². The number of hydrogen-bond donors (Lipinski definition) is 1. The molecule has 0 saturated heterocycles. The monoisotopic (exact) mass is 208 g/mol. The van der Waals surface area contributed by atoms with Crippen molar-refractivity contribution in [1.82, 2.24) is 4.98 Å². The van der Waals surface area contributed by atoms with Gasteiger partial charge in [-0.2, -0.15) is 0 Å². The van der Waals surface area contributed by atoms with Crippen LogP contribution >= 0.6 is 12.4 Å². The summed E-state index contributed by atoms with van der Waals surface area (Å²) in [6, 6.07) is 8.95. The Morgan fingerprint density at radius 3 is 2.71 bits per heavy atom. The van der Waals surface area contributed by atoms with E-state index in [9.17, 15) is 4.79 Å². The zero-order valence-corrected chi connectivity index (χ0v) is 8.12. The van der Waals surface area contributed by atoms with Gasteiger partial charge in [0.25, 0.3) is 0 Å². The molecule has 0 atom stereocenters. The van der Waals surface area contributed by atoms with E-state index in [4.69, 9.17) is 5.73 Å². The number of primary amides is 1. The van der Waals surface area contributed by atoms with Crippen LogP contribution in [0.3, 0.4) is 0 Å². The molecule has 2 rings (SSSR count).